The zero-order valence-electron chi connectivity index (χ0n) is 14.0. The van der Waals surface area contributed by atoms with Crippen molar-refractivity contribution in [1.82, 2.24) is 19.3 Å². The minimum absolute atomic E-state index is 0.0202. The van der Waals surface area contributed by atoms with Gasteiger partial charge in [-0.3, -0.25) is 14.1 Å². The Kier molecular flexibility index (Phi) is 4.43. The minimum atomic E-state index is -0.0202. The van der Waals surface area contributed by atoms with E-state index < -0.39 is 0 Å². The Labute approximate surface area is 146 Å². The van der Waals surface area contributed by atoms with E-state index in [1.807, 2.05) is 36.4 Å². The molecule has 1 saturated heterocycles. The first-order chi connectivity index (χ1) is 12.3. The van der Waals surface area contributed by atoms with Crippen molar-refractivity contribution in [2.75, 3.05) is 25.0 Å². The van der Waals surface area contributed by atoms with Crippen LogP contribution in [0.4, 0.5) is 5.82 Å². The predicted molar refractivity (Wildman–Crippen MR) is 97.6 cm³/mol. The lowest BCUT2D eigenvalue weighted by molar-refractivity contribution is 0.315. The molecule has 0 spiro atoms. The van der Waals surface area contributed by atoms with Gasteiger partial charge in [0.2, 0.25) is 0 Å². The zero-order chi connectivity index (χ0) is 17.1. The van der Waals surface area contributed by atoms with E-state index >= 15 is 0 Å². The molecule has 0 radical (unpaired) electrons. The molecule has 6 heteroatoms. The standard InChI is InChI=1S/C19H21N5O/c25-19-11-16(22-18-6-2-4-9-24(18)19)14-23-10-7-15(13-23)12-21-17-5-1-3-8-20-17/h1-6,8-9,11,15H,7,10,12-14H2,(H,20,21)/t15-/m0/s1. The van der Waals surface area contributed by atoms with Crippen molar-refractivity contribution in [3.63, 3.8) is 0 Å². The second kappa shape index (κ2) is 7.03. The molecule has 0 bridgehead atoms. The quantitative estimate of drug-likeness (QED) is 0.773. The van der Waals surface area contributed by atoms with Gasteiger partial charge in [-0.15, -0.1) is 0 Å². The molecule has 4 rings (SSSR count). The molecule has 4 heterocycles. The van der Waals surface area contributed by atoms with Gasteiger partial charge in [0, 0.05) is 38.1 Å². The molecule has 0 aromatic carbocycles. The first-order valence-electron chi connectivity index (χ1n) is 8.62. The number of aromatic nitrogens is 3. The first kappa shape index (κ1) is 15.8. The molecular weight excluding hydrogens is 314 g/mol. The fourth-order valence-corrected chi connectivity index (χ4v) is 3.35. The van der Waals surface area contributed by atoms with E-state index in [0.29, 0.717) is 11.6 Å². The van der Waals surface area contributed by atoms with E-state index in [4.69, 9.17) is 0 Å². The molecular formula is C19H21N5O. The lowest BCUT2D eigenvalue weighted by Gasteiger charge is -2.16. The highest BCUT2D eigenvalue weighted by molar-refractivity contribution is 5.38. The monoisotopic (exact) mass is 335 g/mol. The number of fused-ring (bicyclic) bond motifs is 1. The summed E-state index contributed by atoms with van der Waals surface area (Å²) in [4.78, 5) is 23.5. The maximum atomic E-state index is 12.2. The summed E-state index contributed by atoms with van der Waals surface area (Å²) in [5.74, 6) is 1.51. The van der Waals surface area contributed by atoms with Crippen molar-refractivity contribution in [2.24, 2.45) is 5.92 Å². The van der Waals surface area contributed by atoms with Crippen LogP contribution in [-0.2, 0) is 6.54 Å². The molecule has 3 aromatic heterocycles. The number of nitrogens with one attached hydrogen (secondary N) is 1. The molecule has 1 aliphatic rings. The zero-order valence-corrected chi connectivity index (χ0v) is 14.0. The third-order valence-corrected chi connectivity index (χ3v) is 4.62. The molecule has 0 amide bonds. The number of hydrogen-bond donors (Lipinski definition) is 1. The molecule has 0 saturated carbocycles. The van der Waals surface area contributed by atoms with Crippen molar-refractivity contribution in [2.45, 2.75) is 13.0 Å². The molecule has 1 fully saturated rings. The van der Waals surface area contributed by atoms with Gasteiger partial charge in [0.05, 0.1) is 5.69 Å². The van der Waals surface area contributed by atoms with Gasteiger partial charge in [0.25, 0.3) is 5.56 Å². The van der Waals surface area contributed by atoms with Crippen molar-refractivity contribution >= 4 is 11.5 Å². The number of hydrogen-bond acceptors (Lipinski definition) is 5. The van der Waals surface area contributed by atoms with Crippen LogP contribution in [-0.4, -0.2) is 38.9 Å². The van der Waals surface area contributed by atoms with E-state index in [1.54, 1.807) is 22.9 Å². The second-order valence-corrected chi connectivity index (χ2v) is 6.50. The molecule has 25 heavy (non-hydrogen) atoms. The summed E-state index contributed by atoms with van der Waals surface area (Å²) in [6, 6.07) is 13.2. The summed E-state index contributed by atoms with van der Waals surface area (Å²) in [5, 5.41) is 3.40. The van der Waals surface area contributed by atoms with Gasteiger partial charge in [-0.1, -0.05) is 12.1 Å². The topological polar surface area (TPSA) is 62.5 Å². The van der Waals surface area contributed by atoms with Gasteiger partial charge < -0.3 is 5.32 Å². The van der Waals surface area contributed by atoms with E-state index in [0.717, 1.165) is 44.1 Å². The smallest absolute Gasteiger partial charge is 0.258 e. The van der Waals surface area contributed by atoms with Gasteiger partial charge in [0.1, 0.15) is 11.5 Å². The molecule has 128 valence electrons. The normalized spacial score (nSPS) is 17.8. The number of likely N-dealkylation sites (tertiary alicyclic amines) is 1. The average Bonchev–Trinajstić information content (AvgIpc) is 3.08. The average molecular weight is 335 g/mol. The van der Waals surface area contributed by atoms with Crippen LogP contribution in [0.3, 0.4) is 0 Å². The first-order valence-corrected chi connectivity index (χ1v) is 8.62. The van der Waals surface area contributed by atoms with Crippen LogP contribution in [0.1, 0.15) is 12.1 Å². The van der Waals surface area contributed by atoms with E-state index in [9.17, 15) is 4.79 Å². The lowest BCUT2D eigenvalue weighted by atomic mass is 10.1. The third kappa shape index (κ3) is 3.69. The van der Waals surface area contributed by atoms with E-state index in [2.05, 4.69) is 20.2 Å². The Balaban J connectivity index is 1.37. The summed E-state index contributed by atoms with van der Waals surface area (Å²) in [6.07, 6.45) is 4.70. The predicted octanol–water partition coefficient (Wildman–Crippen LogP) is 2.02. The highest BCUT2D eigenvalue weighted by Gasteiger charge is 2.22. The summed E-state index contributed by atoms with van der Waals surface area (Å²) in [7, 11) is 0. The van der Waals surface area contributed by atoms with E-state index in [1.165, 1.54) is 0 Å². The lowest BCUT2D eigenvalue weighted by Crippen LogP contribution is -2.25. The third-order valence-electron chi connectivity index (χ3n) is 4.62. The van der Waals surface area contributed by atoms with Crippen molar-refractivity contribution in [1.29, 1.82) is 0 Å². The highest BCUT2D eigenvalue weighted by atomic mass is 16.1. The van der Waals surface area contributed by atoms with E-state index in [-0.39, 0.29) is 5.56 Å². The van der Waals surface area contributed by atoms with Crippen LogP contribution in [0.2, 0.25) is 0 Å². The van der Waals surface area contributed by atoms with Crippen molar-refractivity contribution < 1.29 is 0 Å². The van der Waals surface area contributed by atoms with Gasteiger partial charge in [-0.2, -0.15) is 0 Å². The van der Waals surface area contributed by atoms with Gasteiger partial charge in [-0.25, -0.2) is 9.97 Å². The molecule has 0 unspecified atom stereocenters. The Bertz CT molecular complexity index is 908. The summed E-state index contributed by atoms with van der Waals surface area (Å²) in [5.41, 5.74) is 1.53. The number of nitrogens with zero attached hydrogens (tertiary/aromatic N) is 4. The van der Waals surface area contributed by atoms with Crippen LogP contribution in [0.15, 0.2) is 59.7 Å². The fraction of sp³-hybridized carbons (Fsp3) is 0.316. The Morgan fingerprint density at radius 1 is 1.20 bits per heavy atom. The fourth-order valence-electron chi connectivity index (χ4n) is 3.35. The molecule has 3 aromatic rings. The Morgan fingerprint density at radius 2 is 2.12 bits per heavy atom. The van der Waals surface area contributed by atoms with Crippen LogP contribution < -0.4 is 10.9 Å². The highest BCUT2D eigenvalue weighted by Crippen LogP contribution is 2.18. The molecule has 1 atom stereocenters. The minimum Gasteiger partial charge on any atom is -0.370 e. The van der Waals surface area contributed by atoms with Crippen LogP contribution in [0, 0.1) is 5.92 Å². The van der Waals surface area contributed by atoms with Crippen LogP contribution >= 0.6 is 0 Å². The largest absolute Gasteiger partial charge is 0.370 e. The molecule has 1 aliphatic heterocycles. The number of pyridine rings is 2. The summed E-state index contributed by atoms with van der Waals surface area (Å²) < 4.78 is 1.58. The van der Waals surface area contributed by atoms with Gasteiger partial charge in [-0.05, 0) is 43.1 Å². The summed E-state index contributed by atoms with van der Waals surface area (Å²) in [6.45, 7) is 3.68. The second-order valence-electron chi connectivity index (χ2n) is 6.50. The van der Waals surface area contributed by atoms with Crippen LogP contribution in [0.25, 0.3) is 5.65 Å². The Morgan fingerprint density at radius 3 is 3.00 bits per heavy atom. The molecule has 0 aliphatic carbocycles. The number of anilines is 1. The molecule has 1 N–H and O–H groups in total. The van der Waals surface area contributed by atoms with Crippen molar-refractivity contribution in [3.05, 3.63) is 70.9 Å². The summed E-state index contributed by atoms with van der Waals surface area (Å²) >= 11 is 0. The van der Waals surface area contributed by atoms with Gasteiger partial charge in [0.15, 0.2) is 0 Å². The molecule has 6 nitrogen and oxygen atoms in total. The number of rotatable bonds is 5. The van der Waals surface area contributed by atoms with Crippen molar-refractivity contribution in [3.8, 4) is 0 Å². The van der Waals surface area contributed by atoms with Gasteiger partial charge >= 0.3 is 0 Å². The maximum Gasteiger partial charge on any atom is 0.258 e. The SMILES string of the molecule is O=c1cc(CN2CC[C@@H](CNc3ccccn3)C2)nc2ccccn12. The maximum absolute atomic E-state index is 12.2. The van der Waals surface area contributed by atoms with Crippen LogP contribution in [0.5, 0.6) is 0 Å². The Hall–Kier alpha value is -2.73.